The maximum absolute atomic E-state index is 12.8. The molecule has 1 fully saturated rings. The summed E-state index contributed by atoms with van der Waals surface area (Å²) < 4.78 is 5.39. The van der Waals surface area contributed by atoms with Crippen molar-refractivity contribution in [2.24, 2.45) is 0 Å². The number of thiophene rings is 2. The Morgan fingerprint density at radius 3 is 2.89 bits per heavy atom. The SMILES string of the molecule is O=C(c1cc2c(s1)CCC2)N1CCN(Cc2nc(-c3ccsc3)no2)CC1. The fourth-order valence-corrected chi connectivity index (χ4v) is 5.57. The monoisotopic (exact) mass is 400 g/mol. The van der Waals surface area contributed by atoms with Crippen LogP contribution in [-0.4, -0.2) is 52.0 Å². The molecule has 0 spiro atoms. The Hall–Kier alpha value is -2.03. The van der Waals surface area contributed by atoms with Crippen LogP contribution in [0.15, 0.2) is 27.4 Å². The van der Waals surface area contributed by atoms with Gasteiger partial charge in [0.2, 0.25) is 11.7 Å². The summed E-state index contributed by atoms with van der Waals surface area (Å²) in [6.45, 7) is 3.77. The van der Waals surface area contributed by atoms with Crippen molar-refractivity contribution in [2.75, 3.05) is 26.2 Å². The maximum Gasteiger partial charge on any atom is 0.264 e. The van der Waals surface area contributed by atoms with Crippen LogP contribution >= 0.6 is 22.7 Å². The van der Waals surface area contributed by atoms with Crippen LogP contribution in [0.4, 0.5) is 0 Å². The smallest absolute Gasteiger partial charge is 0.264 e. The van der Waals surface area contributed by atoms with Crippen LogP contribution in [0.3, 0.4) is 0 Å². The zero-order valence-electron chi connectivity index (χ0n) is 14.9. The Bertz CT molecular complexity index is 917. The molecule has 6 nitrogen and oxygen atoms in total. The van der Waals surface area contributed by atoms with Crippen molar-refractivity contribution in [1.82, 2.24) is 19.9 Å². The third kappa shape index (κ3) is 3.44. The summed E-state index contributed by atoms with van der Waals surface area (Å²) in [6, 6.07) is 4.11. The van der Waals surface area contributed by atoms with Gasteiger partial charge in [0, 0.05) is 42.0 Å². The minimum Gasteiger partial charge on any atom is -0.338 e. The summed E-state index contributed by atoms with van der Waals surface area (Å²) in [5, 5.41) is 8.08. The Balaban J connectivity index is 1.17. The lowest BCUT2D eigenvalue weighted by molar-refractivity contribution is 0.0619. The normalized spacial score (nSPS) is 17.4. The van der Waals surface area contributed by atoms with E-state index in [9.17, 15) is 4.79 Å². The molecule has 0 bridgehead atoms. The molecule has 0 radical (unpaired) electrons. The number of hydrogen-bond acceptors (Lipinski definition) is 7. The molecule has 1 aliphatic heterocycles. The number of carbonyl (C=O) groups excluding carboxylic acids is 1. The highest BCUT2D eigenvalue weighted by Gasteiger charge is 2.26. The molecule has 3 aromatic rings. The van der Waals surface area contributed by atoms with Crippen LogP contribution in [0.2, 0.25) is 0 Å². The van der Waals surface area contributed by atoms with Gasteiger partial charge < -0.3 is 9.42 Å². The first kappa shape index (κ1) is 17.1. The van der Waals surface area contributed by atoms with Gasteiger partial charge in [0.05, 0.1) is 11.4 Å². The quantitative estimate of drug-likeness (QED) is 0.672. The first-order valence-electron chi connectivity index (χ1n) is 9.24. The van der Waals surface area contributed by atoms with Crippen LogP contribution in [0.5, 0.6) is 0 Å². The number of nitrogens with zero attached hydrogens (tertiary/aromatic N) is 4. The fraction of sp³-hybridized carbons (Fsp3) is 0.421. The zero-order valence-corrected chi connectivity index (χ0v) is 16.5. The molecular formula is C19H20N4O2S2. The Kier molecular flexibility index (Phi) is 4.55. The van der Waals surface area contributed by atoms with Crippen LogP contribution in [0.25, 0.3) is 11.4 Å². The molecule has 140 valence electrons. The number of fused-ring (bicyclic) bond motifs is 1. The van der Waals surface area contributed by atoms with Crippen LogP contribution in [-0.2, 0) is 19.4 Å². The molecule has 1 aliphatic carbocycles. The molecule has 1 amide bonds. The summed E-state index contributed by atoms with van der Waals surface area (Å²) in [4.78, 5) is 23.8. The van der Waals surface area contributed by atoms with Gasteiger partial charge in [0.15, 0.2) is 0 Å². The standard InChI is InChI=1S/C19H20N4O2S2/c24-19(16-10-13-2-1-3-15(13)27-16)23-7-5-22(6-8-23)11-17-20-18(21-25-17)14-4-9-26-12-14/h4,9-10,12H,1-3,5-8,11H2. The molecule has 0 N–H and O–H groups in total. The van der Waals surface area contributed by atoms with Gasteiger partial charge in [-0.3, -0.25) is 9.69 Å². The van der Waals surface area contributed by atoms with Gasteiger partial charge in [0.25, 0.3) is 5.91 Å². The highest BCUT2D eigenvalue weighted by molar-refractivity contribution is 7.14. The third-order valence-corrected chi connectivity index (χ3v) is 7.13. The van der Waals surface area contributed by atoms with Crippen molar-refractivity contribution in [3.8, 4) is 11.4 Å². The van der Waals surface area contributed by atoms with Gasteiger partial charge in [-0.15, -0.1) is 11.3 Å². The summed E-state index contributed by atoms with van der Waals surface area (Å²) in [5.41, 5.74) is 2.38. The topological polar surface area (TPSA) is 62.5 Å². The van der Waals surface area contributed by atoms with Crippen molar-refractivity contribution in [1.29, 1.82) is 0 Å². The first-order valence-corrected chi connectivity index (χ1v) is 11.0. The number of amides is 1. The van der Waals surface area contributed by atoms with Gasteiger partial charge in [-0.05, 0) is 42.3 Å². The zero-order chi connectivity index (χ0) is 18.2. The van der Waals surface area contributed by atoms with E-state index in [2.05, 4.69) is 21.1 Å². The summed E-state index contributed by atoms with van der Waals surface area (Å²) in [5.74, 6) is 1.46. The van der Waals surface area contributed by atoms with E-state index in [4.69, 9.17) is 4.52 Å². The maximum atomic E-state index is 12.8. The van der Waals surface area contributed by atoms with E-state index in [1.165, 1.54) is 16.9 Å². The molecule has 0 atom stereocenters. The molecule has 5 rings (SSSR count). The van der Waals surface area contributed by atoms with Gasteiger partial charge in [-0.1, -0.05) is 5.16 Å². The summed E-state index contributed by atoms with van der Waals surface area (Å²) in [6.07, 6.45) is 3.50. The summed E-state index contributed by atoms with van der Waals surface area (Å²) in [7, 11) is 0. The van der Waals surface area contributed by atoms with Crippen molar-refractivity contribution in [3.05, 3.63) is 44.1 Å². The average Bonchev–Trinajstić information content (AvgIpc) is 3.44. The van der Waals surface area contributed by atoms with Crippen molar-refractivity contribution in [3.63, 3.8) is 0 Å². The minimum absolute atomic E-state index is 0.187. The second-order valence-corrected chi connectivity index (χ2v) is 8.92. The van der Waals surface area contributed by atoms with E-state index < -0.39 is 0 Å². The molecular weight excluding hydrogens is 380 g/mol. The molecule has 0 aromatic carbocycles. The summed E-state index contributed by atoms with van der Waals surface area (Å²) >= 11 is 3.31. The van der Waals surface area contributed by atoms with Crippen LogP contribution < -0.4 is 0 Å². The Morgan fingerprint density at radius 2 is 2.11 bits per heavy atom. The number of piperazine rings is 1. The fourth-order valence-electron chi connectivity index (χ4n) is 3.72. The van der Waals surface area contributed by atoms with Gasteiger partial charge in [0.1, 0.15) is 0 Å². The largest absolute Gasteiger partial charge is 0.338 e. The van der Waals surface area contributed by atoms with E-state index in [1.807, 2.05) is 21.7 Å². The van der Waals surface area contributed by atoms with Gasteiger partial charge in [-0.2, -0.15) is 16.3 Å². The van der Waals surface area contributed by atoms with E-state index >= 15 is 0 Å². The predicted octanol–water partition coefficient (Wildman–Crippen LogP) is 3.31. The van der Waals surface area contributed by atoms with E-state index in [0.717, 1.165) is 49.5 Å². The number of aryl methyl sites for hydroxylation is 2. The van der Waals surface area contributed by atoms with E-state index in [0.29, 0.717) is 18.3 Å². The Labute approximate surface area is 165 Å². The molecule has 0 saturated carbocycles. The van der Waals surface area contributed by atoms with Crippen molar-refractivity contribution < 1.29 is 9.32 Å². The van der Waals surface area contributed by atoms with Crippen molar-refractivity contribution >= 4 is 28.6 Å². The molecule has 0 unspecified atom stereocenters. The molecule has 1 saturated heterocycles. The number of carbonyl (C=O) groups is 1. The highest BCUT2D eigenvalue weighted by atomic mass is 32.1. The Morgan fingerprint density at radius 1 is 1.22 bits per heavy atom. The number of hydrogen-bond donors (Lipinski definition) is 0. The molecule has 3 aromatic heterocycles. The molecule has 4 heterocycles. The van der Waals surface area contributed by atoms with Gasteiger partial charge in [-0.25, -0.2) is 0 Å². The lowest BCUT2D eigenvalue weighted by Crippen LogP contribution is -2.48. The second-order valence-electron chi connectivity index (χ2n) is 7.00. The van der Waals surface area contributed by atoms with Crippen LogP contribution in [0, 0.1) is 0 Å². The van der Waals surface area contributed by atoms with E-state index in [1.54, 1.807) is 22.7 Å². The van der Waals surface area contributed by atoms with Crippen molar-refractivity contribution in [2.45, 2.75) is 25.8 Å². The average molecular weight is 401 g/mol. The molecule has 27 heavy (non-hydrogen) atoms. The van der Waals surface area contributed by atoms with Gasteiger partial charge >= 0.3 is 0 Å². The molecule has 2 aliphatic rings. The number of aromatic nitrogens is 2. The predicted molar refractivity (Wildman–Crippen MR) is 105 cm³/mol. The second kappa shape index (κ2) is 7.18. The third-order valence-electron chi connectivity index (χ3n) is 5.22. The first-order chi connectivity index (χ1) is 13.3. The highest BCUT2D eigenvalue weighted by Crippen LogP contribution is 2.31. The van der Waals surface area contributed by atoms with Crippen LogP contribution in [0.1, 0.15) is 32.4 Å². The number of rotatable bonds is 4. The molecule has 8 heteroatoms. The lowest BCUT2D eigenvalue weighted by Gasteiger charge is -2.33. The van der Waals surface area contributed by atoms with E-state index in [-0.39, 0.29) is 5.91 Å². The minimum atomic E-state index is 0.187. The lowest BCUT2D eigenvalue weighted by atomic mass is 10.2.